The largest absolute Gasteiger partial charge is 0.468 e. The van der Waals surface area contributed by atoms with Crippen molar-refractivity contribution >= 4 is 0 Å². The van der Waals surface area contributed by atoms with Gasteiger partial charge in [-0.05, 0) is 12.1 Å². The standard InChI is InChI=1S/C8H14N2O2/c9-7(6-11)4-10-5-8-2-1-3-12-8/h1-3,7,10-11H,4-6,9H2. The van der Waals surface area contributed by atoms with Gasteiger partial charge in [-0.2, -0.15) is 0 Å². The highest BCUT2D eigenvalue weighted by molar-refractivity contribution is 4.97. The number of aliphatic hydroxyl groups excluding tert-OH is 1. The summed E-state index contributed by atoms with van der Waals surface area (Å²) in [4.78, 5) is 0. The summed E-state index contributed by atoms with van der Waals surface area (Å²) in [6.07, 6.45) is 1.63. The molecule has 0 radical (unpaired) electrons. The normalized spacial score (nSPS) is 13.2. The maximum absolute atomic E-state index is 8.60. The monoisotopic (exact) mass is 170 g/mol. The summed E-state index contributed by atoms with van der Waals surface area (Å²) in [6.45, 7) is 1.25. The van der Waals surface area contributed by atoms with Gasteiger partial charge in [-0.3, -0.25) is 0 Å². The van der Waals surface area contributed by atoms with E-state index in [1.54, 1.807) is 6.26 Å². The van der Waals surface area contributed by atoms with Gasteiger partial charge in [0.05, 0.1) is 19.4 Å². The Hall–Kier alpha value is -0.840. The fraction of sp³-hybridized carbons (Fsp3) is 0.500. The average molecular weight is 170 g/mol. The highest BCUT2D eigenvalue weighted by Crippen LogP contribution is 1.97. The van der Waals surface area contributed by atoms with Crippen LogP contribution in [0.3, 0.4) is 0 Å². The minimum absolute atomic E-state index is 0.00511. The lowest BCUT2D eigenvalue weighted by molar-refractivity contribution is 0.261. The Morgan fingerprint density at radius 1 is 1.67 bits per heavy atom. The Balaban J connectivity index is 2.11. The molecule has 0 fully saturated rings. The van der Waals surface area contributed by atoms with Gasteiger partial charge in [0.1, 0.15) is 5.76 Å². The van der Waals surface area contributed by atoms with Gasteiger partial charge in [0.15, 0.2) is 0 Å². The predicted octanol–water partition coefficient (Wildman–Crippen LogP) is -0.311. The lowest BCUT2D eigenvalue weighted by atomic mass is 10.3. The van der Waals surface area contributed by atoms with E-state index in [4.69, 9.17) is 15.3 Å². The van der Waals surface area contributed by atoms with Crippen molar-refractivity contribution in [1.82, 2.24) is 5.32 Å². The summed E-state index contributed by atoms with van der Waals surface area (Å²) in [5.74, 6) is 0.875. The second-order valence-electron chi connectivity index (χ2n) is 2.65. The van der Waals surface area contributed by atoms with Crippen LogP contribution >= 0.6 is 0 Å². The summed E-state index contributed by atoms with van der Waals surface area (Å²) in [5.41, 5.74) is 5.47. The zero-order chi connectivity index (χ0) is 8.81. The minimum Gasteiger partial charge on any atom is -0.468 e. The first-order chi connectivity index (χ1) is 5.83. The van der Waals surface area contributed by atoms with E-state index in [1.807, 2.05) is 12.1 Å². The summed E-state index contributed by atoms with van der Waals surface area (Å²) < 4.78 is 5.08. The van der Waals surface area contributed by atoms with Crippen molar-refractivity contribution in [3.05, 3.63) is 24.2 Å². The lowest BCUT2D eigenvalue weighted by Gasteiger charge is -2.07. The van der Waals surface area contributed by atoms with E-state index in [1.165, 1.54) is 0 Å². The first kappa shape index (κ1) is 9.25. The van der Waals surface area contributed by atoms with Crippen LogP contribution in [0, 0.1) is 0 Å². The van der Waals surface area contributed by atoms with Gasteiger partial charge in [0.2, 0.25) is 0 Å². The molecule has 0 aliphatic rings. The molecule has 68 valence electrons. The number of aliphatic hydroxyl groups is 1. The van der Waals surface area contributed by atoms with Crippen LogP contribution in [0.4, 0.5) is 0 Å². The fourth-order valence-corrected chi connectivity index (χ4v) is 0.858. The van der Waals surface area contributed by atoms with E-state index in [0.717, 1.165) is 5.76 Å². The van der Waals surface area contributed by atoms with Crippen LogP contribution in [0.2, 0.25) is 0 Å². The van der Waals surface area contributed by atoms with Crippen molar-refractivity contribution in [3.63, 3.8) is 0 Å². The number of hydrogen-bond acceptors (Lipinski definition) is 4. The molecule has 12 heavy (non-hydrogen) atoms. The smallest absolute Gasteiger partial charge is 0.117 e. The maximum atomic E-state index is 8.60. The van der Waals surface area contributed by atoms with E-state index in [2.05, 4.69) is 5.32 Å². The van der Waals surface area contributed by atoms with Crippen LogP contribution < -0.4 is 11.1 Å². The van der Waals surface area contributed by atoms with Crippen LogP contribution in [-0.4, -0.2) is 24.3 Å². The summed E-state index contributed by atoms with van der Waals surface area (Å²) >= 11 is 0. The van der Waals surface area contributed by atoms with E-state index < -0.39 is 0 Å². The van der Waals surface area contributed by atoms with Crippen LogP contribution in [0.5, 0.6) is 0 Å². The van der Waals surface area contributed by atoms with Crippen molar-refractivity contribution in [1.29, 1.82) is 0 Å². The molecule has 1 rings (SSSR count). The predicted molar refractivity (Wildman–Crippen MR) is 45.5 cm³/mol. The molecule has 4 N–H and O–H groups in total. The summed E-state index contributed by atoms with van der Waals surface area (Å²) in [6, 6.07) is 3.53. The molecule has 0 saturated heterocycles. The molecule has 1 heterocycles. The molecule has 0 amide bonds. The highest BCUT2D eigenvalue weighted by atomic mass is 16.3. The molecule has 0 spiro atoms. The number of furan rings is 1. The molecule has 1 unspecified atom stereocenters. The Kier molecular flexibility index (Phi) is 3.79. The molecule has 1 aromatic rings. The molecule has 4 nitrogen and oxygen atoms in total. The Morgan fingerprint density at radius 2 is 2.50 bits per heavy atom. The van der Waals surface area contributed by atoms with Gasteiger partial charge in [0, 0.05) is 12.6 Å². The number of hydrogen-bond donors (Lipinski definition) is 3. The molecule has 0 bridgehead atoms. The third kappa shape index (κ3) is 3.04. The Bertz CT molecular complexity index is 199. The second-order valence-corrected chi connectivity index (χ2v) is 2.65. The molecule has 1 atom stereocenters. The molecule has 0 saturated carbocycles. The van der Waals surface area contributed by atoms with E-state index >= 15 is 0 Å². The third-order valence-electron chi connectivity index (χ3n) is 1.52. The molecular weight excluding hydrogens is 156 g/mol. The SMILES string of the molecule is NC(CO)CNCc1ccco1. The van der Waals surface area contributed by atoms with Crippen molar-refractivity contribution in [3.8, 4) is 0 Å². The van der Waals surface area contributed by atoms with Gasteiger partial charge in [-0.1, -0.05) is 0 Å². The first-order valence-electron chi connectivity index (χ1n) is 3.92. The molecule has 4 heteroatoms. The fourth-order valence-electron chi connectivity index (χ4n) is 0.858. The van der Waals surface area contributed by atoms with Gasteiger partial charge in [-0.25, -0.2) is 0 Å². The first-order valence-corrected chi connectivity index (χ1v) is 3.92. The molecular formula is C8H14N2O2. The second kappa shape index (κ2) is 4.92. The van der Waals surface area contributed by atoms with Gasteiger partial charge >= 0.3 is 0 Å². The third-order valence-corrected chi connectivity index (χ3v) is 1.52. The summed E-state index contributed by atoms with van der Waals surface area (Å²) in [7, 11) is 0. The molecule has 0 aromatic carbocycles. The lowest BCUT2D eigenvalue weighted by Crippen LogP contribution is -2.36. The molecule has 1 aromatic heterocycles. The van der Waals surface area contributed by atoms with Crippen LogP contribution in [-0.2, 0) is 6.54 Å². The van der Waals surface area contributed by atoms with Gasteiger partial charge in [-0.15, -0.1) is 0 Å². The molecule has 0 aliphatic carbocycles. The van der Waals surface area contributed by atoms with E-state index in [-0.39, 0.29) is 12.6 Å². The number of nitrogens with two attached hydrogens (primary N) is 1. The van der Waals surface area contributed by atoms with Crippen LogP contribution in [0.15, 0.2) is 22.8 Å². The number of nitrogens with one attached hydrogen (secondary N) is 1. The quantitative estimate of drug-likeness (QED) is 0.567. The molecule has 0 aliphatic heterocycles. The van der Waals surface area contributed by atoms with E-state index in [0.29, 0.717) is 13.1 Å². The topological polar surface area (TPSA) is 71.4 Å². The van der Waals surface area contributed by atoms with Crippen molar-refractivity contribution in [2.75, 3.05) is 13.2 Å². The van der Waals surface area contributed by atoms with Crippen LogP contribution in [0.1, 0.15) is 5.76 Å². The van der Waals surface area contributed by atoms with Gasteiger partial charge in [0.25, 0.3) is 0 Å². The zero-order valence-electron chi connectivity index (χ0n) is 6.86. The number of rotatable bonds is 5. The Morgan fingerprint density at radius 3 is 3.08 bits per heavy atom. The van der Waals surface area contributed by atoms with Crippen LogP contribution in [0.25, 0.3) is 0 Å². The van der Waals surface area contributed by atoms with Crippen molar-refractivity contribution < 1.29 is 9.52 Å². The average Bonchev–Trinajstić information content (AvgIpc) is 2.57. The minimum atomic E-state index is -0.194. The van der Waals surface area contributed by atoms with Crippen molar-refractivity contribution in [2.45, 2.75) is 12.6 Å². The maximum Gasteiger partial charge on any atom is 0.117 e. The Labute approximate surface area is 71.4 Å². The summed E-state index contributed by atoms with van der Waals surface area (Å²) in [5, 5.41) is 11.7. The highest BCUT2D eigenvalue weighted by Gasteiger charge is 1.99. The van der Waals surface area contributed by atoms with Crippen molar-refractivity contribution in [2.24, 2.45) is 5.73 Å². The van der Waals surface area contributed by atoms with Gasteiger partial charge < -0.3 is 20.6 Å². The van der Waals surface area contributed by atoms with E-state index in [9.17, 15) is 0 Å². The zero-order valence-corrected chi connectivity index (χ0v) is 6.86.